The van der Waals surface area contributed by atoms with Crippen LogP contribution in [-0.4, -0.2) is 24.7 Å². The van der Waals surface area contributed by atoms with Gasteiger partial charge < -0.3 is 15.2 Å². The first-order valence-electron chi connectivity index (χ1n) is 4.28. The third kappa shape index (κ3) is 3.06. The number of phenols is 1. The van der Waals surface area contributed by atoms with Gasteiger partial charge in [-0.05, 0) is 6.07 Å². The third-order valence-electron chi connectivity index (χ3n) is 1.80. The summed E-state index contributed by atoms with van der Waals surface area (Å²) in [5, 5.41) is 12.2. The number of esters is 1. The predicted molar refractivity (Wildman–Crippen MR) is 51.8 cm³/mol. The molecule has 14 heavy (non-hydrogen) atoms. The largest absolute Gasteiger partial charge is 0.508 e. The Labute approximate surface area is 82.5 Å². The first-order valence-corrected chi connectivity index (χ1v) is 4.28. The zero-order valence-corrected chi connectivity index (χ0v) is 7.99. The summed E-state index contributed by atoms with van der Waals surface area (Å²) in [6.07, 6.45) is 0. The van der Waals surface area contributed by atoms with Gasteiger partial charge >= 0.3 is 5.97 Å². The molecule has 0 saturated heterocycles. The summed E-state index contributed by atoms with van der Waals surface area (Å²) in [5.41, 5.74) is 0.761. The average molecular weight is 195 g/mol. The molecule has 0 spiro atoms. The first kappa shape index (κ1) is 10.5. The number of ether oxygens (including phenoxy) is 1. The van der Waals surface area contributed by atoms with Gasteiger partial charge in [0.2, 0.25) is 0 Å². The fraction of sp³-hybridized carbons (Fsp3) is 0.300. The van der Waals surface area contributed by atoms with Crippen molar-refractivity contribution < 1.29 is 14.6 Å². The third-order valence-corrected chi connectivity index (χ3v) is 1.80. The van der Waals surface area contributed by atoms with E-state index in [1.165, 1.54) is 7.11 Å². The van der Waals surface area contributed by atoms with Crippen LogP contribution < -0.4 is 5.32 Å². The minimum atomic E-state index is -0.319. The normalized spacial score (nSPS) is 9.79. The summed E-state index contributed by atoms with van der Waals surface area (Å²) in [5.74, 6) is -0.0923. The van der Waals surface area contributed by atoms with Crippen LogP contribution in [-0.2, 0) is 16.1 Å². The number of methoxy groups -OCH3 is 1. The molecule has 0 atom stereocenters. The van der Waals surface area contributed by atoms with Gasteiger partial charge in [0.05, 0.1) is 13.7 Å². The zero-order chi connectivity index (χ0) is 10.4. The van der Waals surface area contributed by atoms with E-state index in [1.54, 1.807) is 18.2 Å². The van der Waals surface area contributed by atoms with E-state index in [0.29, 0.717) is 6.54 Å². The van der Waals surface area contributed by atoms with E-state index in [9.17, 15) is 9.90 Å². The van der Waals surface area contributed by atoms with Crippen LogP contribution in [0.25, 0.3) is 0 Å². The molecule has 0 heterocycles. The highest BCUT2D eigenvalue weighted by molar-refractivity contribution is 5.71. The van der Waals surface area contributed by atoms with Gasteiger partial charge in [0.15, 0.2) is 0 Å². The van der Waals surface area contributed by atoms with Gasteiger partial charge in [0.25, 0.3) is 0 Å². The van der Waals surface area contributed by atoms with Crippen LogP contribution in [0.2, 0.25) is 0 Å². The molecule has 1 rings (SSSR count). The van der Waals surface area contributed by atoms with Gasteiger partial charge in [0.1, 0.15) is 5.75 Å². The van der Waals surface area contributed by atoms with Gasteiger partial charge in [-0.3, -0.25) is 4.79 Å². The molecule has 4 heteroatoms. The minimum absolute atomic E-state index is 0.144. The van der Waals surface area contributed by atoms with Crippen molar-refractivity contribution in [3.63, 3.8) is 0 Å². The summed E-state index contributed by atoms with van der Waals surface area (Å²) in [6.45, 7) is 0.590. The fourth-order valence-electron chi connectivity index (χ4n) is 1.03. The first-order chi connectivity index (χ1) is 6.74. The molecule has 2 N–H and O–H groups in total. The molecule has 1 aromatic rings. The maximum atomic E-state index is 10.7. The van der Waals surface area contributed by atoms with Crippen molar-refractivity contribution in [2.75, 3.05) is 13.7 Å². The quantitative estimate of drug-likeness (QED) is 0.693. The topological polar surface area (TPSA) is 58.6 Å². The molecule has 0 amide bonds. The Morgan fingerprint density at radius 2 is 2.21 bits per heavy atom. The molecule has 1 aromatic carbocycles. The van der Waals surface area contributed by atoms with Crippen LogP contribution in [0.5, 0.6) is 5.75 Å². The number of phenolic OH excluding ortho intramolecular Hbond substituents is 1. The lowest BCUT2D eigenvalue weighted by Crippen LogP contribution is -2.23. The van der Waals surface area contributed by atoms with Gasteiger partial charge in [-0.15, -0.1) is 0 Å². The van der Waals surface area contributed by atoms with Crippen molar-refractivity contribution in [1.82, 2.24) is 5.32 Å². The maximum absolute atomic E-state index is 10.7. The van der Waals surface area contributed by atoms with Crippen molar-refractivity contribution >= 4 is 5.97 Å². The molecule has 0 fully saturated rings. The Bertz CT molecular complexity index is 312. The molecule has 0 aliphatic heterocycles. The highest BCUT2D eigenvalue weighted by Crippen LogP contribution is 2.14. The number of hydrogen-bond donors (Lipinski definition) is 2. The van der Waals surface area contributed by atoms with E-state index in [0.717, 1.165) is 5.56 Å². The summed E-state index contributed by atoms with van der Waals surface area (Å²) < 4.78 is 4.45. The van der Waals surface area contributed by atoms with Crippen LogP contribution in [0.4, 0.5) is 0 Å². The van der Waals surface area contributed by atoms with Crippen molar-refractivity contribution in [3.8, 4) is 5.75 Å². The lowest BCUT2D eigenvalue weighted by molar-refractivity contribution is -0.139. The SMILES string of the molecule is COC(=O)CNCc1ccccc1O. The lowest BCUT2D eigenvalue weighted by Gasteiger charge is -2.05. The van der Waals surface area contributed by atoms with Gasteiger partial charge in [-0.25, -0.2) is 0 Å². The number of carbonyl (C=O) groups excluding carboxylic acids is 1. The second-order valence-corrected chi connectivity index (χ2v) is 2.81. The summed E-state index contributed by atoms with van der Waals surface area (Å²) >= 11 is 0. The van der Waals surface area contributed by atoms with Crippen molar-refractivity contribution in [3.05, 3.63) is 29.8 Å². The van der Waals surface area contributed by atoms with E-state index in [-0.39, 0.29) is 18.3 Å². The van der Waals surface area contributed by atoms with Gasteiger partial charge in [0, 0.05) is 12.1 Å². The number of hydrogen-bond acceptors (Lipinski definition) is 4. The number of para-hydroxylation sites is 1. The maximum Gasteiger partial charge on any atom is 0.319 e. The van der Waals surface area contributed by atoms with Crippen molar-refractivity contribution in [1.29, 1.82) is 0 Å². The molecule has 0 saturated carbocycles. The Morgan fingerprint density at radius 1 is 1.50 bits per heavy atom. The molecule has 0 aromatic heterocycles. The number of nitrogens with one attached hydrogen (secondary N) is 1. The van der Waals surface area contributed by atoms with Crippen molar-refractivity contribution in [2.24, 2.45) is 0 Å². The smallest absolute Gasteiger partial charge is 0.319 e. The average Bonchev–Trinajstić information content (AvgIpc) is 2.20. The number of aromatic hydroxyl groups is 1. The van der Waals surface area contributed by atoms with Crippen LogP contribution >= 0.6 is 0 Å². The van der Waals surface area contributed by atoms with Crippen LogP contribution in [0, 0.1) is 0 Å². The summed E-state index contributed by atoms with van der Waals surface area (Å²) in [6, 6.07) is 6.97. The van der Waals surface area contributed by atoms with E-state index in [2.05, 4.69) is 10.1 Å². The van der Waals surface area contributed by atoms with E-state index in [1.807, 2.05) is 6.07 Å². The van der Waals surface area contributed by atoms with Crippen LogP contribution in [0.15, 0.2) is 24.3 Å². The minimum Gasteiger partial charge on any atom is -0.508 e. The zero-order valence-electron chi connectivity index (χ0n) is 7.99. The molecular formula is C10H13NO3. The van der Waals surface area contributed by atoms with Crippen LogP contribution in [0.3, 0.4) is 0 Å². The molecule has 0 aliphatic carbocycles. The monoisotopic (exact) mass is 195 g/mol. The number of rotatable bonds is 4. The molecule has 76 valence electrons. The Morgan fingerprint density at radius 3 is 2.86 bits per heavy atom. The molecule has 0 bridgehead atoms. The molecule has 0 radical (unpaired) electrons. The molecule has 0 unspecified atom stereocenters. The standard InChI is InChI=1S/C10H13NO3/c1-14-10(13)7-11-6-8-4-2-3-5-9(8)12/h2-5,11-12H,6-7H2,1H3. The Kier molecular flexibility index (Phi) is 3.94. The van der Waals surface area contributed by atoms with E-state index in [4.69, 9.17) is 0 Å². The summed E-state index contributed by atoms with van der Waals surface area (Å²) in [4.78, 5) is 10.7. The van der Waals surface area contributed by atoms with Crippen LogP contribution in [0.1, 0.15) is 5.56 Å². The number of benzene rings is 1. The van der Waals surface area contributed by atoms with Gasteiger partial charge in [-0.2, -0.15) is 0 Å². The highest BCUT2D eigenvalue weighted by Gasteiger charge is 2.01. The van der Waals surface area contributed by atoms with E-state index >= 15 is 0 Å². The van der Waals surface area contributed by atoms with Crippen molar-refractivity contribution in [2.45, 2.75) is 6.54 Å². The molecule has 4 nitrogen and oxygen atoms in total. The molecule has 0 aliphatic rings. The number of carbonyl (C=O) groups is 1. The Balaban J connectivity index is 2.39. The second kappa shape index (κ2) is 5.24. The summed E-state index contributed by atoms with van der Waals surface area (Å²) in [7, 11) is 1.34. The van der Waals surface area contributed by atoms with E-state index < -0.39 is 0 Å². The van der Waals surface area contributed by atoms with Gasteiger partial charge in [-0.1, -0.05) is 18.2 Å². The predicted octanol–water partition coefficient (Wildman–Crippen LogP) is 0.655. The highest BCUT2D eigenvalue weighted by atomic mass is 16.5. The fourth-order valence-corrected chi connectivity index (χ4v) is 1.03. The second-order valence-electron chi connectivity index (χ2n) is 2.81. The molecular weight excluding hydrogens is 182 g/mol. The Hall–Kier alpha value is -1.55. The lowest BCUT2D eigenvalue weighted by atomic mass is 10.2.